The lowest BCUT2D eigenvalue weighted by molar-refractivity contribution is -0.117. The number of aryl methyl sites for hydroxylation is 1. The molecule has 2 amide bonds. The number of nitrogens with one attached hydrogen (secondary N) is 1. The Morgan fingerprint density at radius 3 is 2.79 bits per heavy atom. The van der Waals surface area contributed by atoms with Crippen LogP contribution >= 0.6 is 11.3 Å². The molecule has 0 saturated heterocycles. The maximum absolute atomic E-state index is 12.7. The Bertz CT molecular complexity index is 1080. The standard InChI is InChI=1S/C21H20N4O2S/c1-4-15-12(2)16-8-7-14(11-17(16)24-19(15)26)23-20(27)18-13(3)22-21(28-18)25-9-5-6-10-25/h5-11,16H,4H2,1-3H3,(H,24,26). The van der Waals surface area contributed by atoms with E-state index >= 15 is 0 Å². The van der Waals surface area contributed by atoms with Crippen molar-refractivity contribution < 1.29 is 9.59 Å². The highest BCUT2D eigenvalue weighted by atomic mass is 32.1. The van der Waals surface area contributed by atoms with Crippen LogP contribution in [0.4, 0.5) is 0 Å². The molecule has 1 N–H and O–H groups in total. The van der Waals surface area contributed by atoms with E-state index in [1.54, 1.807) is 6.08 Å². The van der Waals surface area contributed by atoms with Crippen LogP contribution in [0.5, 0.6) is 0 Å². The summed E-state index contributed by atoms with van der Waals surface area (Å²) in [6.07, 6.45) is 10.1. The summed E-state index contributed by atoms with van der Waals surface area (Å²) in [4.78, 5) is 34.2. The molecule has 28 heavy (non-hydrogen) atoms. The fourth-order valence-corrected chi connectivity index (χ4v) is 4.41. The number of amides is 2. The highest BCUT2D eigenvalue weighted by molar-refractivity contribution is 7.16. The van der Waals surface area contributed by atoms with Gasteiger partial charge >= 0.3 is 0 Å². The van der Waals surface area contributed by atoms with Crippen molar-refractivity contribution in [3.8, 4) is 5.13 Å². The van der Waals surface area contributed by atoms with Gasteiger partial charge in [-0.15, -0.1) is 0 Å². The minimum Gasteiger partial charge on any atom is -0.325 e. The van der Waals surface area contributed by atoms with E-state index in [2.05, 4.69) is 15.3 Å². The van der Waals surface area contributed by atoms with Crippen LogP contribution in [0.3, 0.4) is 0 Å². The van der Waals surface area contributed by atoms with Crippen molar-refractivity contribution in [1.82, 2.24) is 14.9 Å². The zero-order valence-corrected chi connectivity index (χ0v) is 16.7. The third kappa shape index (κ3) is 3.18. The summed E-state index contributed by atoms with van der Waals surface area (Å²) in [7, 11) is 0. The SMILES string of the molecule is CCC1=C(C)C2C=CC(=NC(=O)c3sc(-n4cccc4)nc3C)C=C2NC1=O. The van der Waals surface area contributed by atoms with Gasteiger partial charge in [0.15, 0.2) is 5.13 Å². The highest BCUT2D eigenvalue weighted by Crippen LogP contribution is 2.31. The fraction of sp³-hybridized carbons (Fsp3) is 0.238. The molecule has 1 atom stereocenters. The summed E-state index contributed by atoms with van der Waals surface area (Å²) in [6, 6.07) is 3.82. The number of rotatable bonds is 3. The third-order valence-corrected chi connectivity index (χ3v) is 6.12. The number of aromatic nitrogens is 2. The van der Waals surface area contributed by atoms with Gasteiger partial charge in [0, 0.05) is 29.6 Å². The molecule has 0 bridgehead atoms. The molecule has 0 radical (unpaired) electrons. The minimum atomic E-state index is -0.327. The van der Waals surface area contributed by atoms with E-state index in [4.69, 9.17) is 0 Å². The van der Waals surface area contributed by atoms with Gasteiger partial charge in [0.25, 0.3) is 11.8 Å². The normalized spacial score (nSPS) is 20.2. The summed E-state index contributed by atoms with van der Waals surface area (Å²) < 4.78 is 1.87. The van der Waals surface area contributed by atoms with Crippen LogP contribution in [-0.4, -0.2) is 27.1 Å². The van der Waals surface area contributed by atoms with Crippen molar-refractivity contribution in [2.24, 2.45) is 10.9 Å². The van der Waals surface area contributed by atoms with Crippen molar-refractivity contribution >= 4 is 28.9 Å². The van der Waals surface area contributed by atoms with Crippen LogP contribution in [-0.2, 0) is 4.79 Å². The van der Waals surface area contributed by atoms with Crippen molar-refractivity contribution in [3.05, 3.63) is 70.2 Å². The summed E-state index contributed by atoms with van der Waals surface area (Å²) in [5.74, 6) is -0.364. The van der Waals surface area contributed by atoms with Gasteiger partial charge in [0.05, 0.1) is 11.4 Å². The van der Waals surface area contributed by atoms with Crippen molar-refractivity contribution in [3.63, 3.8) is 0 Å². The average Bonchev–Trinajstić information content (AvgIpc) is 3.31. The molecule has 3 heterocycles. The van der Waals surface area contributed by atoms with Crippen molar-refractivity contribution in [2.75, 3.05) is 0 Å². The Morgan fingerprint density at radius 1 is 1.32 bits per heavy atom. The number of thiazole rings is 1. The maximum Gasteiger partial charge on any atom is 0.289 e. The molecule has 1 unspecified atom stereocenters. The number of carbonyl (C=O) groups excluding carboxylic acids is 2. The first-order chi connectivity index (χ1) is 13.5. The van der Waals surface area contributed by atoms with Gasteiger partial charge in [-0.3, -0.25) is 9.59 Å². The second kappa shape index (κ2) is 7.16. The molecule has 2 aliphatic rings. The van der Waals surface area contributed by atoms with E-state index < -0.39 is 0 Å². The summed E-state index contributed by atoms with van der Waals surface area (Å²) in [6.45, 7) is 5.77. The first kappa shape index (κ1) is 18.3. The number of hydrogen-bond acceptors (Lipinski definition) is 4. The zero-order chi connectivity index (χ0) is 19.8. The van der Waals surface area contributed by atoms with E-state index in [1.165, 1.54) is 11.3 Å². The van der Waals surface area contributed by atoms with E-state index in [9.17, 15) is 9.59 Å². The van der Waals surface area contributed by atoms with Crippen molar-refractivity contribution in [1.29, 1.82) is 0 Å². The van der Waals surface area contributed by atoms with E-state index in [1.807, 2.05) is 62.0 Å². The average molecular weight is 392 g/mol. The first-order valence-corrected chi connectivity index (χ1v) is 9.94. The highest BCUT2D eigenvalue weighted by Gasteiger charge is 2.29. The number of aliphatic imine (C=N–C) groups is 1. The molecule has 0 aromatic carbocycles. The molecule has 0 saturated carbocycles. The predicted molar refractivity (Wildman–Crippen MR) is 110 cm³/mol. The predicted octanol–water partition coefficient (Wildman–Crippen LogP) is 3.75. The largest absolute Gasteiger partial charge is 0.325 e. The van der Waals surface area contributed by atoms with Gasteiger partial charge in [0.2, 0.25) is 0 Å². The van der Waals surface area contributed by atoms with Gasteiger partial charge in [-0.05, 0) is 44.6 Å². The van der Waals surface area contributed by atoms with Crippen LogP contribution < -0.4 is 5.32 Å². The summed E-state index contributed by atoms with van der Waals surface area (Å²) in [5, 5.41) is 3.67. The molecule has 6 nitrogen and oxygen atoms in total. The molecule has 7 heteroatoms. The molecular formula is C21H20N4O2S. The van der Waals surface area contributed by atoms with Gasteiger partial charge in [0.1, 0.15) is 4.88 Å². The Morgan fingerprint density at radius 2 is 2.07 bits per heavy atom. The van der Waals surface area contributed by atoms with Crippen LogP contribution in [0.1, 0.15) is 35.6 Å². The van der Waals surface area contributed by atoms with E-state index in [-0.39, 0.29) is 17.7 Å². The molecule has 1 aliphatic heterocycles. The van der Waals surface area contributed by atoms with Gasteiger partial charge < -0.3 is 9.88 Å². The number of allylic oxidation sites excluding steroid dienone is 3. The maximum atomic E-state index is 12.7. The first-order valence-electron chi connectivity index (χ1n) is 9.12. The number of fused-ring (bicyclic) bond motifs is 1. The number of nitrogens with zero attached hydrogens (tertiary/aromatic N) is 3. The number of hydrogen-bond donors (Lipinski definition) is 1. The van der Waals surface area contributed by atoms with Gasteiger partial charge in [-0.2, -0.15) is 0 Å². The van der Waals surface area contributed by atoms with E-state index in [0.29, 0.717) is 22.7 Å². The quantitative estimate of drug-likeness (QED) is 0.864. The molecule has 0 spiro atoms. The fourth-order valence-electron chi connectivity index (χ4n) is 3.49. The number of carbonyl (C=O) groups is 2. The second-order valence-electron chi connectivity index (χ2n) is 6.75. The molecule has 142 valence electrons. The Kier molecular flexibility index (Phi) is 4.68. The lowest BCUT2D eigenvalue weighted by atomic mass is 9.84. The lowest BCUT2D eigenvalue weighted by Crippen LogP contribution is -2.36. The summed E-state index contributed by atoms with van der Waals surface area (Å²) >= 11 is 1.31. The molecule has 2 aromatic heterocycles. The van der Waals surface area contributed by atoms with Crippen LogP contribution in [0.15, 0.2) is 64.6 Å². The van der Waals surface area contributed by atoms with E-state index in [0.717, 1.165) is 22.0 Å². The lowest BCUT2D eigenvalue weighted by Gasteiger charge is -2.29. The second-order valence-corrected chi connectivity index (χ2v) is 7.73. The molecule has 1 aliphatic carbocycles. The Labute approximate surface area is 167 Å². The molecular weight excluding hydrogens is 372 g/mol. The van der Waals surface area contributed by atoms with Crippen molar-refractivity contribution in [2.45, 2.75) is 27.2 Å². The van der Waals surface area contributed by atoms with Crippen LogP contribution in [0, 0.1) is 12.8 Å². The topological polar surface area (TPSA) is 76.3 Å². The smallest absolute Gasteiger partial charge is 0.289 e. The monoisotopic (exact) mass is 392 g/mol. The molecule has 2 aromatic rings. The minimum absolute atomic E-state index is 0.0344. The van der Waals surface area contributed by atoms with Gasteiger partial charge in [-0.1, -0.05) is 29.9 Å². The van der Waals surface area contributed by atoms with Gasteiger partial charge in [-0.25, -0.2) is 9.98 Å². The summed E-state index contributed by atoms with van der Waals surface area (Å²) in [5.41, 5.74) is 3.82. The Balaban J connectivity index is 1.61. The Hall–Kier alpha value is -3.06. The van der Waals surface area contributed by atoms with Crippen LogP contribution in [0.2, 0.25) is 0 Å². The van der Waals surface area contributed by atoms with Crippen LogP contribution in [0.25, 0.3) is 5.13 Å². The zero-order valence-electron chi connectivity index (χ0n) is 15.9. The third-order valence-electron chi connectivity index (χ3n) is 4.96. The molecule has 4 rings (SSSR count). The molecule has 0 fully saturated rings.